The predicted octanol–water partition coefficient (Wildman–Crippen LogP) is 6.06. The molecule has 1 N–H and O–H groups in total. The quantitative estimate of drug-likeness (QED) is 0.0935. The van der Waals surface area contributed by atoms with Gasteiger partial charge in [-0.2, -0.15) is 0 Å². The molecule has 2 unspecified atom stereocenters. The van der Waals surface area contributed by atoms with E-state index in [2.05, 4.69) is 5.32 Å². The predicted molar refractivity (Wildman–Crippen MR) is 164 cm³/mol. The Hall–Kier alpha value is -4.11. The molecule has 43 heavy (non-hydrogen) atoms. The number of barbiturate groups is 1. The first-order valence-corrected chi connectivity index (χ1v) is 14.8. The highest BCUT2D eigenvalue weighted by Gasteiger charge is 2.41. The molecule has 0 aliphatic carbocycles. The standard InChI is InChI=1S/C34H42N2O7/c1-7-19-33(5,8-2)28(37)24-15-17-26(18-16-24)36-30(39)27(29(38)35-32(36)41)22-23-11-13-25(14-12-23)31(40)42-20-21-43-34(6,9-3)10-4/h7,11-19,27H,8-10,20-22H2,1-6H3,(H,35,38,41)/b19-7-. The van der Waals surface area contributed by atoms with Gasteiger partial charge in [0.15, 0.2) is 5.78 Å². The molecule has 0 radical (unpaired) electrons. The first kappa shape index (κ1) is 33.4. The van der Waals surface area contributed by atoms with E-state index in [1.165, 1.54) is 12.1 Å². The summed E-state index contributed by atoms with van der Waals surface area (Å²) in [6.07, 6.45) is 6.06. The summed E-state index contributed by atoms with van der Waals surface area (Å²) < 4.78 is 11.2. The third-order valence-corrected chi connectivity index (χ3v) is 8.34. The fourth-order valence-electron chi connectivity index (χ4n) is 4.83. The number of urea groups is 1. The molecule has 1 fully saturated rings. The number of rotatable bonds is 14. The van der Waals surface area contributed by atoms with Crippen molar-refractivity contribution in [2.24, 2.45) is 11.3 Å². The van der Waals surface area contributed by atoms with E-state index in [-0.39, 0.29) is 30.1 Å². The van der Waals surface area contributed by atoms with Crippen molar-refractivity contribution in [2.45, 2.75) is 72.8 Å². The number of carbonyl (C=O) groups is 5. The van der Waals surface area contributed by atoms with Crippen LogP contribution in [0.25, 0.3) is 0 Å². The van der Waals surface area contributed by atoms with Crippen molar-refractivity contribution in [1.29, 1.82) is 0 Å². The van der Waals surface area contributed by atoms with E-state index in [9.17, 15) is 24.0 Å². The van der Waals surface area contributed by atoms with Gasteiger partial charge in [0.1, 0.15) is 12.5 Å². The number of hydrogen-bond donors (Lipinski definition) is 1. The van der Waals surface area contributed by atoms with Crippen LogP contribution in [0.15, 0.2) is 60.7 Å². The minimum Gasteiger partial charge on any atom is -0.460 e. The van der Waals surface area contributed by atoms with Crippen LogP contribution in [0.5, 0.6) is 0 Å². The van der Waals surface area contributed by atoms with E-state index in [4.69, 9.17) is 9.47 Å². The highest BCUT2D eigenvalue weighted by atomic mass is 16.6. The van der Waals surface area contributed by atoms with Gasteiger partial charge < -0.3 is 9.47 Å². The summed E-state index contributed by atoms with van der Waals surface area (Å²) in [5, 5.41) is 2.26. The average molecular weight is 591 g/mol. The third-order valence-electron chi connectivity index (χ3n) is 8.34. The second-order valence-corrected chi connectivity index (χ2v) is 11.2. The maximum absolute atomic E-state index is 13.4. The van der Waals surface area contributed by atoms with E-state index in [1.807, 2.05) is 53.7 Å². The molecule has 0 saturated carbocycles. The number of ether oxygens (including phenoxy) is 2. The molecule has 0 aromatic heterocycles. The number of nitrogens with one attached hydrogen (secondary N) is 1. The van der Waals surface area contributed by atoms with Crippen molar-refractivity contribution in [3.63, 3.8) is 0 Å². The number of hydrogen-bond acceptors (Lipinski definition) is 7. The third kappa shape index (κ3) is 7.84. The molecule has 2 atom stereocenters. The molecule has 9 nitrogen and oxygen atoms in total. The SMILES string of the molecule is C/C=C\C(C)(CC)C(=O)c1ccc(N2C(=O)NC(=O)C(Cc3ccc(C(=O)OCCOC(C)(CC)CC)cc3)C2=O)cc1. The monoisotopic (exact) mass is 590 g/mol. The summed E-state index contributed by atoms with van der Waals surface area (Å²) in [6.45, 7) is 12.2. The fourth-order valence-corrected chi connectivity index (χ4v) is 4.83. The second-order valence-electron chi connectivity index (χ2n) is 11.2. The molecule has 9 heteroatoms. The molecule has 230 valence electrons. The number of ketones is 1. The molecular weight excluding hydrogens is 548 g/mol. The number of esters is 1. The van der Waals surface area contributed by atoms with E-state index in [0.717, 1.165) is 17.7 Å². The van der Waals surface area contributed by atoms with Crippen molar-refractivity contribution in [2.75, 3.05) is 18.1 Å². The minimum absolute atomic E-state index is 0.0268. The molecule has 2 aromatic rings. The zero-order chi connectivity index (χ0) is 31.8. The number of benzene rings is 2. The van der Waals surface area contributed by atoms with Gasteiger partial charge in [-0.1, -0.05) is 45.1 Å². The van der Waals surface area contributed by atoms with Crippen LogP contribution >= 0.6 is 0 Å². The summed E-state index contributed by atoms with van der Waals surface area (Å²) in [6, 6.07) is 11.8. The first-order valence-electron chi connectivity index (χ1n) is 14.8. The lowest BCUT2D eigenvalue weighted by atomic mass is 9.79. The van der Waals surface area contributed by atoms with Crippen LogP contribution in [0.4, 0.5) is 10.5 Å². The van der Waals surface area contributed by atoms with Crippen molar-refractivity contribution >= 4 is 35.3 Å². The van der Waals surface area contributed by atoms with Gasteiger partial charge in [-0.25, -0.2) is 14.5 Å². The molecule has 1 aliphatic heterocycles. The Labute approximate surface area is 253 Å². The van der Waals surface area contributed by atoms with E-state index < -0.39 is 35.1 Å². The lowest BCUT2D eigenvalue weighted by Crippen LogP contribution is -2.58. The zero-order valence-corrected chi connectivity index (χ0v) is 25.9. The van der Waals surface area contributed by atoms with Gasteiger partial charge in [0, 0.05) is 11.0 Å². The Bertz CT molecular complexity index is 1360. The van der Waals surface area contributed by atoms with Crippen molar-refractivity contribution < 1.29 is 33.4 Å². The molecule has 2 aromatic carbocycles. The number of carbonyl (C=O) groups excluding carboxylic acids is 5. The minimum atomic E-state index is -1.15. The molecule has 3 rings (SSSR count). The Kier molecular flexibility index (Phi) is 11.2. The zero-order valence-electron chi connectivity index (χ0n) is 25.9. The number of Topliss-reactive ketones (excluding diaryl/α,β-unsaturated/α-hetero) is 1. The number of nitrogens with zero attached hydrogens (tertiary/aromatic N) is 1. The van der Waals surface area contributed by atoms with Gasteiger partial charge in [0.2, 0.25) is 11.8 Å². The van der Waals surface area contributed by atoms with E-state index in [0.29, 0.717) is 29.7 Å². The summed E-state index contributed by atoms with van der Waals surface area (Å²) in [7, 11) is 0. The number of amides is 4. The number of anilines is 1. The van der Waals surface area contributed by atoms with Crippen molar-refractivity contribution in [1.82, 2.24) is 5.32 Å². The maximum atomic E-state index is 13.4. The lowest BCUT2D eigenvalue weighted by molar-refractivity contribution is -0.134. The van der Waals surface area contributed by atoms with Crippen LogP contribution in [0.2, 0.25) is 0 Å². The first-order chi connectivity index (χ1) is 20.4. The van der Waals surface area contributed by atoms with Crippen molar-refractivity contribution in [3.05, 3.63) is 77.4 Å². The highest BCUT2D eigenvalue weighted by Crippen LogP contribution is 2.30. The highest BCUT2D eigenvalue weighted by molar-refractivity contribution is 6.27. The molecule has 1 heterocycles. The van der Waals surface area contributed by atoms with Gasteiger partial charge in [0.25, 0.3) is 0 Å². The normalized spacial score (nSPS) is 17.1. The largest absolute Gasteiger partial charge is 0.460 e. The van der Waals surface area contributed by atoms with Gasteiger partial charge >= 0.3 is 12.0 Å². The topological polar surface area (TPSA) is 119 Å². The molecular formula is C34H42N2O7. The summed E-state index contributed by atoms with van der Waals surface area (Å²) in [5.41, 5.74) is 0.752. The Morgan fingerprint density at radius 1 is 0.884 bits per heavy atom. The van der Waals surface area contributed by atoms with Crippen LogP contribution in [0.3, 0.4) is 0 Å². The molecule has 0 spiro atoms. The Morgan fingerprint density at radius 3 is 2.05 bits per heavy atom. The van der Waals surface area contributed by atoms with Crippen molar-refractivity contribution in [3.8, 4) is 0 Å². The van der Waals surface area contributed by atoms with Gasteiger partial charge in [-0.3, -0.25) is 19.7 Å². The molecule has 1 saturated heterocycles. The Morgan fingerprint density at radius 2 is 1.49 bits per heavy atom. The van der Waals surface area contributed by atoms with E-state index in [1.54, 1.807) is 36.4 Å². The van der Waals surface area contributed by atoms with Gasteiger partial charge in [0.05, 0.1) is 23.5 Å². The fraction of sp³-hybridized carbons (Fsp3) is 0.441. The number of imide groups is 2. The number of allylic oxidation sites excluding steroid dienone is 2. The maximum Gasteiger partial charge on any atom is 0.338 e. The Balaban J connectivity index is 1.66. The summed E-state index contributed by atoms with van der Waals surface area (Å²) in [5.74, 6) is -3.09. The summed E-state index contributed by atoms with van der Waals surface area (Å²) in [4.78, 5) is 65.2. The van der Waals surface area contributed by atoms with Crippen LogP contribution in [-0.2, 0) is 25.5 Å². The molecule has 0 bridgehead atoms. The van der Waals surface area contributed by atoms with Crippen LogP contribution < -0.4 is 10.2 Å². The lowest BCUT2D eigenvalue weighted by Gasteiger charge is -2.30. The second kappa shape index (κ2) is 14.4. The van der Waals surface area contributed by atoms with Crippen LogP contribution in [-0.4, -0.2) is 48.4 Å². The smallest absolute Gasteiger partial charge is 0.338 e. The molecule has 4 amide bonds. The van der Waals surface area contributed by atoms with Gasteiger partial charge in [-0.05, 0) is 88.4 Å². The van der Waals surface area contributed by atoms with Crippen LogP contribution in [0, 0.1) is 11.3 Å². The van der Waals surface area contributed by atoms with Gasteiger partial charge in [-0.15, -0.1) is 0 Å². The van der Waals surface area contributed by atoms with E-state index >= 15 is 0 Å². The molecule has 1 aliphatic rings. The average Bonchev–Trinajstić information content (AvgIpc) is 3.01. The summed E-state index contributed by atoms with van der Waals surface area (Å²) >= 11 is 0. The van der Waals surface area contributed by atoms with Crippen LogP contribution in [0.1, 0.15) is 87.1 Å².